The number of fused-ring (bicyclic) bond motifs is 1. The van der Waals surface area contributed by atoms with Gasteiger partial charge in [-0.1, -0.05) is 48.5 Å². The van der Waals surface area contributed by atoms with Crippen molar-refractivity contribution >= 4 is 11.8 Å². The fourth-order valence-electron chi connectivity index (χ4n) is 3.74. The van der Waals surface area contributed by atoms with Crippen molar-refractivity contribution in [3.63, 3.8) is 0 Å². The van der Waals surface area contributed by atoms with Crippen molar-refractivity contribution in [2.45, 2.75) is 32.2 Å². The summed E-state index contributed by atoms with van der Waals surface area (Å²) in [6.07, 6.45) is -4.50. The van der Waals surface area contributed by atoms with Crippen molar-refractivity contribution in [2.75, 3.05) is 6.54 Å². The number of nitrogens with one attached hydrogen (secondary N) is 1. The molecule has 32 heavy (non-hydrogen) atoms. The second kappa shape index (κ2) is 8.49. The molecule has 6 nitrogen and oxygen atoms in total. The normalized spacial score (nSPS) is 14.8. The molecule has 4 rings (SSSR count). The quantitative estimate of drug-likeness (QED) is 0.648. The van der Waals surface area contributed by atoms with E-state index in [1.807, 2.05) is 37.3 Å². The number of amides is 2. The van der Waals surface area contributed by atoms with Gasteiger partial charge in [-0.3, -0.25) is 14.3 Å². The van der Waals surface area contributed by atoms with Crippen LogP contribution >= 0.6 is 0 Å². The van der Waals surface area contributed by atoms with E-state index in [0.717, 1.165) is 11.6 Å². The van der Waals surface area contributed by atoms with E-state index < -0.39 is 23.6 Å². The van der Waals surface area contributed by atoms with Gasteiger partial charge in [0.25, 0.3) is 11.8 Å². The van der Waals surface area contributed by atoms with Crippen LogP contribution in [0.4, 0.5) is 13.2 Å². The minimum atomic E-state index is -4.50. The van der Waals surface area contributed by atoms with Crippen LogP contribution in [0.25, 0.3) is 0 Å². The van der Waals surface area contributed by atoms with Crippen LogP contribution in [0.2, 0.25) is 0 Å². The Morgan fingerprint density at radius 3 is 2.50 bits per heavy atom. The summed E-state index contributed by atoms with van der Waals surface area (Å²) in [5.74, 6) is -0.888. The smallest absolute Gasteiger partial charge is 0.344 e. The number of alkyl halides is 3. The molecular formula is C23H21F3N4O2. The molecule has 166 valence electrons. The molecule has 2 amide bonds. The van der Waals surface area contributed by atoms with Crippen molar-refractivity contribution in [3.05, 3.63) is 88.7 Å². The summed E-state index contributed by atoms with van der Waals surface area (Å²) in [7, 11) is 0. The van der Waals surface area contributed by atoms with E-state index in [2.05, 4.69) is 10.4 Å². The summed E-state index contributed by atoms with van der Waals surface area (Å²) >= 11 is 0. The van der Waals surface area contributed by atoms with Crippen molar-refractivity contribution in [1.29, 1.82) is 0 Å². The average Bonchev–Trinajstić information content (AvgIpc) is 3.21. The molecule has 0 saturated heterocycles. The lowest BCUT2D eigenvalue weighted by Crippen LogP contribution is -2.40. The van der Waals surface area contributed by atoms with Crippen molar-refractivity contribution < 1.29 is 22.8 Å². The van der Waals surface area contributed by atoms with Crippen LogP contribution in [0.15, 0.2) is 60.7 Å². The monoisotopic (exact) mass is 442 g/mol. The molecular weight excluding hydrogens is 421 g/mol. The summed E-state index contributed by atoms with van der Waals surface area (Å²) in [6, 6.07) is 15.7. The molecule has 0 radical (unpaired) electrons. The number of rotatable bonds is 5. The van der Waals surface area contributed by atoms with E-state index in [1.54, 1.807) is 0 Å². The van der Waals surface area contributed by atoms with Gasteiger partial charge in [0.05, 0.1) is 18.2 Å². The second-order valence-electron chi connectivity index (χ2n) is 7.63. The molecule has 0 aliphatic carbocycles. The third kappa shape index (κ3) is 4.37. The molecule has 0 saturated carbocycles. The molecule has 1 aromatic heterocycles. The summed E-state index contributed by atoms with van der Waals surface area (Å²) in [4.78, 5) is 26.9. The number of hydrogen-bond acceptors (Lipinski definition) is 3. The van der Waals surface area contributed by atoms with E-state index in [1.165, 1.54) is 33.8 Å². The molecule has 1 N–H and O–H groups in total. The van der Waals surface area contributed by atoms with E-state index in [-0.39, 0.29) is 42.6 Å². The minimum absolute atomic E-state index is 0.0240. The highest BCUT2D eigenvalue weighted by Crippen LogP contribution is 2.32. The molecule has 1 aliphatic rings. The standard InChI is InChI=1S/C23H21F3N4O2/c1-15(16-7-3-2-4-8-16)27-21(31)19-13-20-22(32)29(11-12-30(20)28-19)14-17-9-5-6-10-18(17)23(24,25)26/h2-10,13,15H,11-12,14H2,1H3,(H,27,31)/t15-/m1/s1. The summed E-state index contributed by atoms with van der Waals surface area (Å²) in [6.45, 7) is 2.15. The Hall–Kier alpha value is -3.62. The molecule has 0 fully saturated rings. The topological polar surface area (TPSA) is 67.2 Å². The van der Waals surface area contributed by atoms with Crippen molar-refractivity contribution in [3.8, 4) is 0 Å². The first kappa shape index (κ1) is 21.6. The number of carbonyl (C=O) groups excluding carboxylic acids is 2. The first-order chi connectivity index (χ1) is 15.2. The summed E-state index contributed by atoms with van der Waals surface area (Å²) < 4.78 is 41.3. The van der Waals surface area contributed by atoms with Crippen LogP contribution in [-0.4, -0.2) is 33.0 Å². The molecule has 2 heterocycles. The maximum Gasteiger partial charge on any atom is 0.416 e. The van der Waals surface area contributed by atoms with Crippen LogP contribution in [-0.2, 0) is 19.3 Å². The van der Waals surface area contributed by atoms with Gasteiger partial charge in [0.15, 0.2) is 5.69 Å². The predicted octanol–water partition coefficient (Wildman–Crippen LogP) is 4.05. The van der Waals surface area contributed by atoms with Gasteiger partial charge in [-0.05, 0) is 24.1 Å². The zero-order valence-corrected chi connectivity index (χ0v) is 17.3. The predicted molar refractivity (Wildman–Crippen MR) is 111 cm³/mol. The van der Waals surface area contributed by atoms with Crippen LogP contribution in [0.5, 0.6) is 0 Å². The van der Waals surface area contributed by atoms with Gasteiger partial charge in [0.1, 0.15) is 5.69 Å². The Labute approximate surface area is 182 Å². The van der Waals surface area contributed by atoms with Crippen LogP contribution < -0.4 is 5.32 Å². The lowest BCUT2D eigenvalue weighted by atomic mass is 10.1. The average molecular weight is 442 g/mol. The zero-order valence-electron chi connectivity index (χ0n) is 17.3. The van der Waals surface area contributed by atoms with Gasteiger partial charge in [0, 0.05) is 19.2 Å². The van der Waals surface area contributed by atoms with E-state index in [0.29, 0.717) is 0 Å². The Kier molecular flexibility index (Phi) is 5.73. The van der Waals surface area contributed by atoms with Gasteiger partial charge in [-0.2, -0.15) is 18.3 Å². The van der Waals surface area contributed by atoms with E-state index in [9.17, 15) is 22.8 Å². The molecule has 9 heteroatoms. The summed E-state index contributed by atoms with van der Waals surface area (Å²) in [5.41, 5.74) is 0.458. The van der Waals surface area contributed by atoms with Crippen LogP contribution in [0.3, 0.4) is 0 Å². The molecule has 1 aliphatic heterocycles. The molecule has 2 aromatic carbocycles. The number of aromatic nitrogens is 2. The van der Waals surface area contributed by atoms with Crippen molar-refractivity contribution in [2.24, 2.45) is 0 Å². The fraction of sp³-hybridized carbons (Fsp3) is 0.261. The third-order valence-electron chi connectivity index (χ3n) is 5.43. The first-order valence-corrected chi connectivity index (χ1v) is 10.1. The number of benzene rings is 2. The highest BCUT2D eigenvalue weighted by molar-refractivity contribution is 5.98. The number of nitrogens with zero attached hydrogens (tertiary/aromatic N) is 3. The Morgan fingerprint density at radius 2 is 1.78 bits per heavy atom. The van der Waals surface area contributed by atoms with Gasteiger partial charge >= 0.3 is 6.18 Å². The number of carbonyl (C=O) groups is 2. The molecule has 3 aromatic rings. The Morgan fingerprint density at radius 1 is 1.09 bits per heavy atom. The lowest BCUT2D eigenvalue weighted by molar-refractivity contribution is -0.138. The highest BCUT2D eigenvalue weighted by Gasteiger charge is 2.35. The second-order valence-corrected chi connectivity index (χ2v) is 7.63. The van der Waals surface area contributed by atoms with Crippen LogP contribution in [0.1, 0.15) is 50.6 Å². The Balaban J connectivity index is 1.50. The van der Waals surface area contributed by atoms with Gasteiger partial charge < -0.3 is 10.2 Å². The van der Waals surface area contributed by atoms with E-state index >= 15 is 0 Å². The van der Waals surface area contributed by atoms with Gasteiger partial charge in [0.2, 0.25) is 0 Å². The largest absolute Gasteiger partial charge is 0.416 e. The number of hydrogen-bond donors (Lipinski definition) is 1. The SMILES string of the molecule is C[C@@H](NC(=O)c1cc2n(n1)CCN(Cc1ccccc1C(F)(F)F)C2=O)c1ccccc1. The molecule has 1 atom stereocenters. The van der Waals surface area contributed by atoms with Crippen molar-refractivity contribution in [1.82, 2.24) is 20.0 Å². The van der Waals surface area contributed by atoms with Crippen LogP contribution in [0, 0.1) is 0 Å². The third-order valence-corrected chi connectivity index (χ3v) is 5.43. The molecule has 0 unspecified atom stereocenters. The maximum atomic E-state index is 13.3. The van der Waals surface area contributed by atoms with Gasteiger partial charge in [-0.15, -0.1) is 0 Å². The molecule has 0 spiro atoms. The lowest BCUT2D eigenvalue weighted by Gasteiger charge is -2.28. The fourth-order valence-corrected chi connectivity index (χ4v) is 3.74. The number of halogens is 3. The van der Waals surface area contributed by atoms with E-state index in [4.69, 9.17) is 0 Å². The maximum absolute atomic E-state index is 13.3. The zero-order chi connectivity index (χ0) is 22.9. The first-order valence-electron chi connectivity index (χ1n) is 10.1. The Bertz CT molecular complexity index is 1140. The summed E-state index contributed by atoms with van der Waals surface area (Å²) in [5, 5.41) is 7.07. The van der Waals surface area contributed by atoms with Gasteiger partial charge in [-0.25, -0.2) is 0 Å². The highest BCUT2D eigenvalue weighted by atomic mass is 19.4. The molecule has 0 bridgehead atoms. The minimum Gasteiger partial charge on any atom is -0.344 e.